The van der Waals surface area contributed by atoms with E-state index >= 15 is 0 Å². The second-order valence-electron chi connectivity index (χ2n) is 7.11. The predicted octanol–water partition coefficient (Wildman–Crippen LogP) is 3.27. The summed E-state index contributed by atoms with van der Waals surface area (Å²) in [6.07, 6.45) is 4.72. The first kappa shape index (κ1) is 18.1. The molecule has 3 aromatic rings. The lowest BCUT2D eigenvalue weighted by Crippen LogP contribution is -2.36. The lowest BCUT2D eigenvalue weighted by molar-refractivity contribution is 0.346. The van der Waals surface area contributed by atoms with Gasteiger partial charge in [0.25, 0.3) is 0 Å². The number of sulfonamides is 1. The fraction of sp³-hybridized carbons (Fsp3) is 0.400. The first-order chi connectivity index (χ1) is 13.0. The van der Waals surface area contributed by atoms with E-state index in [0.717, 1.165) is 35.7 Å². The Bertz CT molecular complexity index is 1080. The largest absolute Gasteiger partial charge is 0.264 e. The maximum absolute atomic E-state index is 13.2. The molecule has 1 saturated heterocycles. The van der Waals surface area contributed by atoms with Crippen LogP contribution < -0.4 is 0 Å². The molecular formula is C20H24N4O2S. The van der Waals surface area contributed by atoms with Crippen molar-refractivity contribution < 1.29 is 8.42 Å². The smallest absolute Gasteiger partial charge is 0.246 e. The highest BCUT2D eigenvalue weighted by Crippen LogP contribution is 2.27. The normalized spacial score (nSPS) is 16.1. The van der Waals surface area contributed by atoms with Gasteiger partial charge in [0.1, 0.15) is 4.90 Å². The molecule has 1 aliphatic rings. The minimum Gasteiger partial charge on any atom is -0.264 e. The van der Waals surface area contributed by atoms with Gasteiger partial charge in [0, 0.05) is 24.7 Å². The molecule has 1 aliphatic heterocycles. The molecule has 0 N–H and O–H groups in total. The Kier molecular flexibility index (Phi) is 4.74. The van der Waals surface area contributed by atoms with E-state index in [2.05, 4.69) is 10.1 Å². The lowest BCUT2D eigenvalue weighted by atomic mass is 10.1. The van der Waals surface area contributed by atoms with Gasteiger partial charge in [-0.25, -0.2) is 8.42 Å². The molecule has 0 bridgehead atoms. The van der Waals surface area contributed by atoms with E-state index < -0.39 is 10.0 Å². The van der Waals surface area contributed by atoms with E-state index in [0.29, 0.717) is 35.9 Å². The average molecular weight is 385 g/mol. The van der Waals surface area contributed by atoms with Gasteiger partial charge in [0.15, 0.2) is 0 Å². The number of pyridine rings is 1. The summed E-state index contributed by atoms with van der Waals surface area (Å²) >= 11 is 0. The third kappa shape index (κ3) is 3.26. The van der Waals surface area contributed by atoms with Crippen molar-refractivity contribution in [2.45, 2.75) is 44.6 Å². The zero-order valence-corrected chi connectivity index (χ0v) is 16.5. The van der Waals surface area contributed by atoms with Crippen molar-refractivity contribution >= 4 is 20.9 Å². The van der Waals surface area contributed by atoms with Crippen molar-refractivity contribution in [3.05, 3.63) is 53.5 Å². The number of aromatic nitrogens is 3. The molecule has 1 aromatic carbocycles. The summed E-state index contributed by atoms with van der Waals surface area (Å²) in [7, 11) is -3.50. The third-order valence-electron chi connectivity index (χ3n) is 5.26. The Hall–Kier alpha value is -2.25. The highest BCUT2D eigenvalue weighted by Gasteiger charge is 2.31. The molecule has 2 aromatic heterocycles. The number of rotatable bonds is 4. The van der Waals surface area contributed by atoms with Gasteiger partial charge in [-0.1, -0.05) is 30.7 Å². The number of piperidine rings is 1. The minimum absolute atomic E-state index is 0.359. The number of benzene rings is 1. The Balaban J connectivity index is 1.73. The lowest BCUT2D eigenvalue weighted by Gasteiger charge is -2.26. The molecule has 0 radical (unpaired) electrons. The SMILES string of the molecule is Cc1nn(Cc2cccc3cccnc23)c(C)c1S(=O)(=O)N1CCCCC1. The van der Waals surface area contributed by atoms with Crippen LogP contribution in [-0.4, -0.2) is 40.6 Å². The van der Waals surface area contributed by atoms with Crippen LogP contribution in [0.1, 0.15) is 36.2 Å². The zero-order valence-electron chi connectivity index (χ0n) is 15.7. The summed E-state index contributed by atoms with van der Waals surface area (Å²) < 4.78 is 29.7. The molecule has 27 heavy (non-hydrogen) atoms. The number of aryl methyl sites for hydroxylation is 1. The van der Waals surface area contributed by atoms with Crippen LogP contribution in [0.4, 0.5) is 0 Å². The maximum Gasteiger partial charge on any atom is 0.246 e. The molecule has 0 aliphatic carbocycles. The van der Waals surface area contributed by atoms with E-state index in [1.54, 1.807) is 22.1 Å². The first-order valence-electron chi connectivity index (χ1n) is 9.35. The van der Waals surface area contributed by atoms with E-state index in [4.69, 9.17) is 0 Å². The standard InChI is InChI=1S/C20H24N4O2S/c1-15-20(27(25,26)23-12-4-3-5-13-23)16(2)24(22-15)14-18-9-6-8-17-10-7-11-21-19(17)18/h6-11H,3-5,12-14H2,1-2H3. The number of fused-ring (bicyclic) bond motifs is 1. The van der Waals surface area contributed by atoms with Crippen molar-refractivity contribution in [1.82, 2.24) is 19.1 Å². The topological polar surface area (TPSA) is 68.1 Å². The van der Waals surface area contributed by atoms with Gasteiger partial charge in [-0.2, -0.15) is 9.40 Å². The highest BCUT2D eigenvalue weighted by atomic mass is 32.2. The number of para-hydroxylation sites is 1. The monoisotopic (exact) mass is 384 g/mol. The molecule has 0 spiro atoms. The molecule has 0 amide bonds. The Morgan fingerprint density at radius 1 is 1.04 bits per heavy atom. The molecule has 6 nitrogen and oxygen atoms in total. The summed E-state index contributed by atoms with van der Waals surface area (Å²) in [5.74, 6) is 0. The fourth-order valence-corrected chi connectivity index (χ4v) is 5.79. The van der Waals surface area contributed by atoms with Crippen molar-refractivity contribution in [1.29, 1.82) is 0 Å². The minimum atomic E-state index is -3.50. The average Bonchev–Trinajstić information content (AvgIpc) is 2.96. The molecule has 7 heteroatoms. The van der Waals surface area contributed by atoms with Crippen LogP contribution in [0.25, 0.3) is 10.9 Å². The summed E-state index contributed by atoms with van der Waals surface area (Å²) in [5, 5.41) is 5.62. The van der Waals surface area contributed by atoms with Gasteiger partial charge >= 0.3 is 0 Å². The van der Waals surface area contributed by atoms with Crippen LogP contribution in [0, 0.1) is 13.8 Å². The number of hydrogen-bond donors (Lipinski definition) is 0. The summed E-state index contributed by atoms with van der Waals surface area (Å²) in [4.78, 5) is 4.85. The number of hydrogen-bond acceptors (Lipinski definition) is 4. The van der Waals surface area contributed by atoms with E-state index in [1.165, 1.54) is 0 Å². The van der Waals surface area contributed by atoms with Gasteiger partial charge in [-0.3, -0.25) is 9.67 Å². The van der Waals surface area contributed by atoms with Gasteiger partial charge < -0.3 is 0 Å². The van der Waals surface area contributed by atoms with Gasteiger partial charge in [0.05, 0.1) is 23.4 Å². The summed E-state index contributed by atoms with van der Waals surface area (Å²) in [5.41, 5.74) is 3.20. The molecule has 4 rings (SSSR count). The van der Waals surface area contributed by atoms with Crippen LogP contribution in [0.2, 0.25) is 0 Å². The van der Waals surface area contributed by atoms with Crippen LogP contribution in [0.3, 0.4) is 0 Å². The van der Waals surface area contributed by atoms with E-state index in [9.17, 15) is 8.42 Å². The number of nitrogens with zero attached hydrogens (tertiary/aromatic N) is 4. The quantitative estimate of drug-likeness (QED) is 0.692. The molecular weight excluding hydrogens is 360 g/mol. The van der Waals surface area contributed by atoms with Crippen LogP contribution >= 0.6 is 0 Å². The van der Waals surface area contributed by atoms with Gasteiger partial charge in [-0.15, -0.1) is 0 Å². The zero-order chi connectivity index (χ0) is 19.0. The highest BCUT2D eigenvalue weighted by molar-refractivity contribution is 7.89. The van der Waals surface area contributed by atoms with Crippen molar-refractivity contribution in [2.24, 2.45) is 0 Å². The van der Waals surface area contributed by atoms with Crippen LogP contribution in [0.15, 0.2) is 41.4 Å². The van der Waals surface area contributed by atoms with Crippen molar-refractivity contribution in [3.63, 3.8) is 0 Å². The molecule has 3 heterocycles. The fourth-order valence-electron chi connectivity index (χ4n) is 3.90. The summed E-state index contributed by atoms with van der Waals surface area (Å²) in [6.45, 7) is 5.31. The van der Waals surface area contributed by atoms with Gasteiger partial charge in [-0.05, 0) is 38.3 Å². The Labute approximate surface area is 159 Å². The van der Waals surface area contributed by atoms with Crippen molar-refractivity contribution in [3.8, 4) is 0 Å². The third-order valence-corrected chi connectivity index (χ3v) is 7.42. The van der Waals surface area contributed by atoms with Gasteiger partial charge in [0.2, 0.25) is 10.0 Å². The molecule has 142 valence electrons. The molecule has 0 unspecified atom stereocenters. The molecule has 0 atom stereocenters. The van der Waals surface area contributed by atoms with Crippen molar-refractivity contribution in [2.75, 3.05) is 13.1 Å². The van der Waals surface area contributed by atoms with E-state index in [-0.39, 0.29) is 0 Å². The molecule has 0 saturated carbocycles. The van der Waals surface area contributed by atoms with E-state index in [1.807, 2.05) is 37.3 Å². The Morgan fingerprint density at radius 3 is 2.56 bits per heavy atom. The van der Waals surface area contributed by atoms with Crippen LogP contribution in [0.5, 0.6) is 0 Å². The summed E-state index contributed by atoms with van der Waals surface area (Å²) in [6, 6.07) is 9.98. The predicted molar refractivity (Wildman–Crippen MR) is 105 cm³/mol. The second-order valence-corrected chi connectivity index (χ2v) is 8.99. The second kappa shape index (κ2) is 7.05. The Morgan fingerprint density at radius 2 is 1.78 bits per heavy atom. The van der Waals surface area contributed by atoms with Crippen LogP contribution in [-0.2, 0) is 16.6 Å². The first-order valence-corrected chi connectivity index (χ1v) is 10.8. The maximum atomic E-state index is 13.2. The molecule has 1 fully saturated rings.